The summed E-state index contributed by atoms with van der Waals surface area (Å²) in [6, 6.07) is 4.17. The molecule has 0 amide bonds. The molecule has 1 aliphatic carbocycles. The van der Waals surface area contributed by atoms with E-state index in [1.165, 1.54) is 18.2 Å². The maximum Gasteiger partial charge on any atom is 0.225 e. The van der Waals surface area contributed by atoms with Gasteiger partial charge >= 0.3 is 0 Å². The van der Waals surface area contributed by atoms with Gasteiger partial charge in [0.1, 0.15) is 11.5 Å². The summed E-state index contributed by atoms with van der Waals surface area (Å²) >= 11 is 0. The molecule has 0 spiro atoms. The Morgan fingerprint density at radius 2 is 1.42 bits per heavy atom. The molecule has 1 aliphatic heterocycles. The third kappa shape index (κ3) is 2.55. The van der Waals surface area contributed by atoms with E-state index in [0.29, 0.717) is 32.1 Å². The molecular formula is C18H16N4O4. The van der Waals surface area contributed by atoms with Crippen molar-refractivity contribution in [1.29, 1.82) is 0 Å². The molecule has 0 saturated carbocycles. The third-order valence-corrected chi connectivity index (χ3v) is 4.59. The van der Waals surface area contributed by atoms with Crippen LogP contribution in [0.2, 0.25) is 0 Å². The molecule has 132 valence electrons. The number of phenolic OH excluding ortho intramolecular Hbond substituents is 2. The summed E-state index contributed by atoms with van der Waals surface area (Å²) in [4.78, 5) is 37.5. The first-order valence-corrected chi connectivity index (χ1v) is 8.19. The number of rotatable bonds is 2. The molecule has 1 saturated heterocycles. The fourth-order valence-electron chi connectivity index (χ4n) is 3.29. The average molecular weight is 352 g/mol. The van der Waals surface area contributed by atoms with Crippen molar-refractivity contribution in [1.82, 2.24) is 14.9 Å². The first-order chi connectivity index (χ1) is 12.6. The van der Waals surface area contributed by atoms with Crippen LogP contribution in [0.4, 0.5) is 5.95 Å². The van der Waals surface area contributed by atoms with Gasteiger partial charge in [-0.3, -0.25) is 9.59 Å². The predicted molar refractivity (Wildman–Crippen MR) is 92.3 cm³/mol. The lowest BCUT2D eigenvalue weighted by Gasteiger charge is -2.37. The molecular weight excluding hydrogens is 336 g/mol. The van der Waals surface area contributed by atoms with E-state index >= 15 is 0 Å². The molecule has 2 aliphatic rings. The number of piperazine rings is 1. The van der Waals surface area contributed by atoms with Crippen molar-refractivity contribution in [3.8, 4) is 11.5 Å². The number of fused-ring (bicyclic) bond motifs is 1. The number of carbonyl (C=O) groups excluding carboxylic acids is 2. The van der Waals surface area contributed by atoms with Crippen molar-refractivity contribution in [2.45, 2.75) is 0 Å². The lowest BCUT2D eigenvalue weighted by Crippen LogP contribution is -2.48. The van der Waals surface area contributed by atoms with Gasteiger partial charge in [-0.25, -0.2) is 9.97 Å². The van der Waals surface area contributed by atoms with Crippen LogP contribution in [0.5, 0.6) is 11.5 Å². The highest BCUT2D eigenvalue weighted by Gasteiger charge is 2.34. The van der Waals surface area contributed by atoms with Gasteiger partial charge in [-0.1, -0.05) is 0 Å². The number of hydrogen-bond acceptors (Lipinski definition) is 8. The molecule has 0 unspecified atom stereocenters. The van der Waals surface area contributed by atoms with Gasteiger partial charge < -0.3 is 20.0 Å². The van der Waals surface area contributed by atoms with E-state index < -0.39 is 11.6 Å². The number of anilines is 1. The normalized spacial score (nSPS) is 17.2. The number of ketones is 2. The molecule has 0 atom stereocenters. The highest BCUT2D eigenvalue weighted by Crippen LogP contribution is 2.35. The first kappa shape index (κ1) is 16.1. The quantitative estimate of drug-likeness (QED) is 0.770. The van der Waals surface area contributed by atoms with Crippen LogP contribution in [-0.4, -0.2) is 62.8 Å². The number of carbonyl (C=O) groups is 2. The molecule has 2 aromatic rings. The van der Waals surface area contributed by atoms with Crippen molar-refractivity contribution < 1.29 is 19.8 Å². The van der Waals surface area contributed by atoms with Gasteiger partial charge in [0.05, 0.1) is 16.8 Å². The summed E-state index contributed by atoms with van der Waals surface area (Å²) in [6.07, 6.45) is 4.58. The van der Waals surface area contributed by atoms with Gasteiger partial charge in [0, 0.05) is 44.6 Å². The molecule has 1 aromatic heterocycles. The Bertz CT molecular complexity index is 918. The van der Waals surface area contributed by atoms with Crippen LogP contribution in [0, 0.1) is 0 Å². The number of benzene rings is 1. The van der Waals surface area contributed by atoms with Crippen LogP contribution in [0.3, 0.4) is 0 Å². The number of hydrogen-bond donors (Lipinski definition) is 2. The van der Waals surface area contributed by atoms with Crippen LogP contribution in [-0.2, 0) is 0 Å². The van der Waals surface area contributed by atoms with Gasteiger partial charge in [-0.05, 0) is 18.2 Å². The minimum Gasteiger partial charge on any atom is -0.507 e. The number of allylic oxidation sites excluding steroid dienone is 2. The molecule has 2 N–H and O–H groups in total. The van der Waals surface area contributed by atoms with E-state index in [9.17, 15) is 19.8 Å². The number of aromatic hydroxyl groups is 2. The van der Waals surface area contributed by atoms with Crippen molar-refractivity contribution in [2.75, 3.05) is 31.1 Å². The molecule has 4 rings (SSSR count). The first-order valence-electron chi connectivity index (χ1n) is 8.19. The Morgan fingerprint density at radius 3 is 2.08 bits per heavy atom. The van der Waals surface area contributed by atoms with Crippen molar-refractivity contribution in [2.24, 2.45) is 0 Å². The topological polar surface area (TPSA) is 107 Å². The van der Waals surface area contributed by atoms with E-state index in [0.717, 1.165) is 0 Å². The number of phenols is 2. The number of aromatic nitrogens is 2. The fourth-order valence-corrected chi connectivity index (χ4v) is 3.29. The molecule has 1 aromatic carbocycles. The van der Waals surface area contributed by atoms with Gasteiger partial charge in [-0.15, -0.1) is 0 Å². The minimum absolute atomic E-state index is 0.138. The minimum atomic E-state index is -0.489. The highest BCUT2D eigenvalue weighted by atomic mass is 16.3. The van der Waals surface area contributed by atoms with Crippen LogP contribution in [0.1, 0.15) is 20.7 Å². The van der Waals surface area contributed by atoms with Crippen molar-refractivity contribution in [3.05, 3.63) is 53.5 Å². The molecule has 0 radical (unpaired) electrons. The molecule has 2 heterocycles. The Morgan fingerprint density at radius 1 is 0.846 bits per heavy atom. The Hall–Kier alpha value is -3.42. The zero-order chi connectivity index (χ0) is 18.3. The Labute approximate surface area is 149 Å². The Kier molecular flexibility index (Phi) is 3.80. The standard InChI is InChI=1S/C18H16N4O4/c23-12-2-3-13(24)16-15(12)14(25)10-11(17(16)26)21-6-8-22(9-7-21)18-19-4-1-5-20-18/h1-5,10,23-24H,6-9H2. The lowest BCUT2D eigenvalue weighted by atomic mass is 9.90. The van der Waals surface area contributed by atoms with E-state index in [2.05, 4.69) is 9.97 Å². The predicted octanol–water partition coefficient (Wildman–Crippen LogP) is 0.973. The third-order valence-electron chi connectivity index (χ3n) is 4.59. The zero-order valence-electron chi connectivity index (χ0n) is 13.8. The maximum atomic E-state index is 12.8. The average Bonchev–Trinajstić information content (AvgIpc) is 2.67. The maximum absolute atomic E-state index is 12.8. The van der Waals surface area contributed by atoms with Crippen molar-refractivity contribution >= 4 is 17.5 Å². The fraction of sp³-hybridized carbons (Fsp3) is 0.222. The summed E-state index contributed by atoms with van der Waals surface area (Å²) in [5.74, 6) is -0.940. The summed E-state index contributed by atoms with van der Waals surface area (Å²) in [5.41, 5.74) is -0.0478. The summed E-state index contributed by atoms with van der Waals surface area (Å²) in [7, 11) is 0. The smallest absolute Gasteiger partial charge is 0.225 e. The molecule has 26 heavy (non-hydrogen) atoms. The van der Waals surface area contributed by atoms with Crippen LogP contribution >= 0.6 is 0 Å². The SMILES string of the molecule is O=C1C=C(N2CCN(c3ncccn3)CC2)C(=O)c2c(O)ccc(O)c21. The monoisotopic (exact) mass is 352 g/mol. The van der Waals surface area contributed by atoms with E-state index in [-0.39, 0.29) is 28.3 Å². The van der Waals surface area contributed by atoms with Gasteiger partial charge in [-0.2, -0.15) is 0 Å². The van der Waals surface area contributed by atoms with Crippen LogP contribution < -0.4 is 4.90 Å². The second kappa shape index (κ2) is 6.14. The number of nitrogens with zero attached hydrogens (tertiary/aromatic N) is 4. The number of Topliss-reactive ketones (excluding diaryl/α,β-unsaturated/α-hetero) is 1. The molecule has 1 fully saturated rings. The lowest BCUT2D eigenvalue weighted by molar-refractivity contribution is 0.0943. The molecule has 8 heteroatoms. The van der Waals surface area contributed by atoms with Gasteiger partial charge in [0.2, 0.25) is 11.7 Å². The highest BCUT2D eigenvalue weighted by molar-refractivity contribution is 6.26. The van der Waals surface area contributed by atoms with Gasteiger partial charge in [0.25, 0.3) is 0 Å². The zero-order valence-corrected chi connectivity index (χ0v) is 13.8. The van der Waals surface area contributed by atoms with E-state index in [1.54, 1.807) is 18.5 Å². The summed E-state index contributed by atoms with van der Waals surface area (Å²) in [5, 5.41) is 19.9. The summed E-state index contributed by atoms with van der Waals surface area (Å²) < 4.78 is 0. The largest absolute Gasteiger partial charge is 0.507 e. The molecule has 0 bridgehead atoms. The second-order valence-corrected chi connectivity index (χ2v) is 6.10. The molecule has 8 nitrogen and oxygen atoms in total. The van der Waals surface area contributed by atoms with Crippen LogP contribution in [0.15, 0.2) is 42.4 Å². The van der Waals surface area contributed by atoms with Crippen LogP contribution in [0.25, 0.3) is 0 Å². The van der Waals surface area contributed by atoms with E-state index in [1.807, 2.05) is 9.80 Å². The second-order valence-electron chi connectivity index (χ2n) is 6.10. The van der Waals surface area contributed by atoms with Gasteiger partial charge in [0.15, 0.2) is 5.78 Å². The Balaban J connectivity index is 1.57. The van der Waals surface area contributed by atoms with Crippen molar-refractivity contribution in [3.63, 3.8) is 0 Å². The van der Waals surface area contributed by atoms with E-state index in [4.69, 9.17) is 0 Å². The summed E-state index contributed by atoms with van der Waals surface area (Å²) in [6.45, 7) is 2.22.